The lowest BCUT2D eigenvalue weighted by Gasteiger charge is -2.17. The second-order valence-corrected chi connectivity index (χ2v) is 6.64. The lowest BCUT2D eigenvalue weighted by Crippen LogP contribution is -2.37. The van der Waals surface area contributed by atoms with Gasteiger partial charge in [0.05, 0.1) is 12.6 Å². The fraction of sp³-hybridized carbons (Fsp3) is 0.556. The number of nitrogens with zero attached hydrogens (tertiary/aromatic N) is 3. The lowest BCUT2D eigenvalue weighted by molar-refractivity contribution is 0.0927. The van der Waals surface area contributed by atoms with E-state index in [1.807, 2.05) is 13.0 Å². The van der Waals surface area contributed by atoms with Crippen molar-refractivity contribution in [3.63, 3.8) is 0 Å². The molecule has 26 heavy (non-hydrogen) atoms. The van der Waals surface area contributed by atoms with E-state index in [1.54, 1.807) is 18.4 Å². The molecule has 2 aromatic rings. The first kappa shape index (κ1) is 18.3. The molecule has 3 rings (SSSR count). The Bertz CT molecular complexity index is 849. The first-order valence-electron chi connectivity index (χ1n) is 8.85. The van der Waals surface area contributed by atoms with Gasteiger partial charge in [-0.1, -0.05) is 5.16 Å². The van der Waals surface area contributed by atoms with Crippen LogP contribution in [-0.2, 0) is 17.7 Å². The van der Waals surface area contributed by atoms with Crippen LogP contribution in [0, 0.1) is 20.8 Å². The smallest absolute Gasteiger partial charge is 0.263 e. The molecule has 0 saturated carbocycles. The number of aryl methyl sites for hydroxylation is 3. The largest absolute Gasteiger partial charge is 0.376 e. The monoisotopic (exact) mass is 360 g/mol. The lowest BCUT2D eigenvalue weighted by atomic mass is 10.1. The van der Waals surface area contributed by atoms with Gasteiger partial charge in [-0.25, -0.2) is 0 Å². The average molecular weight is 360 g/mol. The number of rotatable bonds is 6. The van der Waals surface area contributed by atoms with E-state index in [-0.39, 0.29) is 23.1 Å². The molecule has 0 aromatic carbocycles. The van der Waals surface area contributed by atoms with Crippen LogP contribution in [-0.4, -0.2) is 39.9 Å². The molecular formula is C18H24N4O4. The summed E-state index contributed by atoms with van der Waals surface area (Å²) in [6, 6.07) is 1.87. The van der Waals surface area contributed by atoms with Crippen molar-refractivity contribution in [3.05, 3.63) is 45.0 Å². The van der Waals surface area contributed by atoms with E-state index < -0.39 is 0 Å². The highest BCUT2D eigenvalue weighted by atomic mass is 16.5. The number of pyridine rings is 1. The van der Waals surface area contributed by atoms with Crippen LogP contribution in [0.1, 0.15) is 46.2 Å². The SMILES string of the molecule is Cc1noc(CCNC(=O)c2c(C)cc(C)n(CC3CCCO3)c2=O)n1. The Morgan fingerprint density at radius 1 is 1.38 bits per heavy atom. The summed E-state index contributed by atoms with van der Waals surface area (Å²) in [6.45, 7) is 6.92. The number of aromatic nitrogens is 3. The minimum Gasteiger partial charge on any atom is -0.376 e. The number of amides is 1. The van der Waals surface area contributed by atoms with Gasteiger partial charge in [0.2, 0.25) is 5.89 Å². The van der Waals surface area contributed by atoms with Crippen LogP contribution in [0.3, 0.4) is 0 Å². The summed E-state index contributed by atoms with van der Waals surface area (Å²) in [7, 11) is 0. The Morgan fingerprint density at radius 3 is 2.85 bits per heavy atom. The molecule has 1 atom stereocenters. The number of carbonyl (C=O) groups is 1. The van der Waals surface area contributed by atoms with Crippen molar-refractivity contribution in [1.82, 2.24) is 20.0 Å². The Hall–Kier alpha value is -2.48. The van der Waals surface area contributed by atoms with E-state index in [0.717, 1.165) is 25.1 Å². The zero-order valence-corrected chi connectivity index (χ0v) is 15.4. The van der Waals surface area contributed by atoms with E-state index in [4.69, 9.17) is 9.26 Å². The molecule has 3 heterocycles. The van der Waals surface area contributed by atoms with E-state index in [0.29, 0.717) is 36.8 Å². The molecule has 0 aliphatic carbocycles. The highest BCUT2D eigenvalue weighted by Crippen LogP contribution is 2.15. The molecule has 0 radical (unpaired) electrons. The second kappa shape index (κ2) is 7.82. The van der Waals surface area contributed by atoms with Crippen LogP contribution < -0.4 is 10.9 Å². The minimum absolute atomic E-state index is 0.0331. The molecule has 0 bridgehead atoms. The van der Waals surface area contributed by atoms with Gasteiger partial charge >= 0.3 is 0 Å². The van der Waals surface area contributed by atoms with Crippen molar-refractivity contribution in [2.45, 2.75) is 52.7 Å². The summed E-state index contributed by atoms with van der Waals surface area (Å²) in [5.74, 6) is 0.627. The fourth-order valence-electron chi connectivity index (χ4n) is 3.24. The first-order valence-corrected chi connectivity index (χ1v) is 8.85. The third kappa shape index (κ3) is 4.01. The van der Waals surface area contributed by atoms with Crippen molar-refractivity contribution in [3.8, 4) is 0 Å². The van der Waals surface area contributed by atoms with Crippen molar-refractivity contribution < 1.29 is 14.1 Å². The standard InChI is InChI=1S/C18H24N4O4/c1-11-9-12(2)22(10-14-5-4-8-25-14)18(24)16(11)17(23)19-7-6-15-20-13(3)21-26-15/h9,14H,4-8,10H2,1-3H3,(H,19,23). The Morgan fingerprint density at radius 2 is 2.19 bits per heavy atom. The zero-order chi connectivity index (χ0) is 18.7. The van der Waals surface area contributed by atoms with E-state index in [9.17, 15) is 9.59 Å². The zero-order valence-electron chi connectivity index (χ0n) is 15.4. The van der Waals surface area contributed by atoms with E-state index in [1.165, 1.54) is 0 Å². The topological polar surface area (TPSA) is 99.3 Å². The van der Waals surface area contributed by atoms with Crippen LogP contribution in [0.4, 0.5) is 0 Å². The maximum atomic E-state index is 12.9. The second-order valence-electron chi connectivity index (χ2n) is 6.64. The third-order valence-corrected chi connectivity index (χ3v) is 4.54. The van der Waals surface area contributed by atoms with Gasteiger partial charge in [0.1, 0.15) is 5.56 Å². The molecule has 1 aliphatic rings. The number of ether oxygens (including phenoxy) is 1. The molecule has 8 nitrogen and oxygen atoms in total. The number of hydrogen-bond acceptors (Lipinski definition) is 6. The van der Waals surface area contributed by atoms with Crippen LogP contribution in [0.25, 0.3) is 0 Å². The van der Waals surface area contributed by atoms with Gasteiger partial charge in [0.15, 0.2) is 5.82 Å². The molecule has 1 amide bonds. The summed E-state index contributed by atoms with van der Waals surface area (Å²) in [5, 5.41) is 6.47. The molecule has 1 aliphatic heterocycles. The maximum absolute atomic E-state index is 12.9. The summed E-state index contributed by atoms with van der Waals surface area (Å²) in [5.41, 5.74) is 1.41. The summed E-state index contributed by atoms with van der Waals surface area (Å²) in [4.78, 5) is 29.5. The molecule has 1 saturated heterocycles. The van der Waals surface area contributed by atoms with Crippen LogP contribution in [0.5, 0.6) is 0 Å². The Kier molecular flexibility index (Phi) is 5.51. The van der Waals surface area contributed by atoms with Gasteiger partial charge in [0, 0.05) is 25.3 Å². The molecule has 1 N–H and O–H groups in total. The molecule has 8 heteroatoms. The highest BCUT2D eigenvalue weighted by molar-refractivity contribution is 5.95. The highest BCUT2D eigenvalue weighted by Gasteiger charge is 2.21. The number of carbonyl (C=O) groups excluding carboxylic acids is 1. The minimum atomic E-state index is -0.384. The van der Waals surface area contributed by atoms with Crippen LogP contribution >= 0.6 is 0 Å². The van der Waals surface area contributed by atoms with Crippen molar-refractivity contribution >= 4 is 5.91 Å². The summed E-state index contributed by atoms with van der Waals surface area (Å²) in [6.07, 6.45) is 2.39. The van der Waals surface area contributed by atoms with Gasteiger partial charge in [-0.15, -0.1) is 0 Å². The van der Waals surface area contributed by atoms with E-state index >= 15 is 0 Å². The van der Waals surface area contributed by atoms with Crippen molar-refractivity contribution in [2.24, 2.45) is 0 Å². The maximum Gasteiger partial charge on any atom is 0.263 e. The summed E-state index contributed by atoms with van der Waals surface area (Å²) >= 11 is 0. The Labute approximate surface area is 151 Å². The molecule has 1 fully saturated rings. The quantitative estimate of drug-likeness (QED) is 0.834. The van der Waals surface area contributed by atoms with Gasteiger partial charge in [0.25, 0.3) is 11.5 Å². The number of nitrogens with one attached hydrogen (secondary N) is 1. The van der Waals surface area contributed by atoms with Gasteiger partial charge in [-0.2, -0.15) is 4.98 Å². The Balaban J connectivity index is 1.72. The summed E-state index contributed by atoms with van der Waals surface area (Å²) < 4.78 is 12.3. The molecule has 1 unspecified atom stereocenters. The molecule has 0 spiro atoms. The predicted octanol–water partition coefficient (Wildman–Crippen LogP) is 1.31. The molecular weight excluding hydrogens is 336 g/mol. The number of hydrogen-bond donors (Lipinski definition) is 1. The normalized spacial score (nSPS) is 16.8. The van der Waals surface area contributed by atoms with Crippen molar-refractivity contribution in [2.75, 3.05) is 13.2 Å². The average Bonchev–Trinajstić information content (AvgIpc) is 3.23. The third-order valence-electron chi connectivity index (χ3n) is 4.54. The van der Waals surface area contributed by atoms with Crippen molar-refractivity contribution in [1.29, 1.82) is 0 Å². The molecule has 140 valence electrons. The van der Waals surface area contributed by atoms with Crippen LogP contribution in [0.15, 0.2) is 15.4 Å². The van der Waals surface area contributed by atoms with Gasteiger partial charge in [-0.05, 0) is 45.2 Å². The molecule has 2 aromatic heterocycles. The van der Waals surface area contributed by atoms with Crippen LogP contribution in [0.2, 0.25) is 0 Å². The van der Waals surface area contributed by atoms with Gasteiger partial charge < -0.3 is 19.1 Å². The first-order chi connectivity index (χ1) is 12.5. The predicted molar refractivity (Wildman–Crippen MR) is 94.2 cm³/mol. The fourth-order valence-corrected chi connectivity index (χ4v) is 3.24. The van der Waals surface area contributed by atoms with E-state index in [2.05, 4.69) is 15.5 Å². The van der Waals surface area contributed by atoms with Gasteiger partial charge in [-0.3, -0.25) is 9.59 Å².